The van der Waals surface area contributed by atoms with Crippen molar-refractivity contribution in [3.63, 3.8) is 0 Å². The third kappa shape index (κ3) is 5.70. The van der Waals surface area contributed by atoms with Gasteiger partial charge in [-0.05, 0) is 102 Å². The van der Waals surface area contributed by atoms with Crippen LogP contribution in [0.5, 0.6) is 17.2 Å². The summed E-state index contributed by atoms with van der Waals surface area (Å²) in [6.07, 6.45) is 5.09. The quantitative estimate of drug-likeness (QED) is 0.270. The van der Waals surface area contributed by atoms with Crippen LogP contribution in [0.2, 0.25) is 0 Å². The largest absolute Gasteiger partial charge is 0.484 e. The van der Waals surface area contributed by atoms with Crippen molar-refractivity contribution >= 4 is 28.4 Å². The summed E-state index contributed by atoms with van der Waals surface area (Å²) in [4.78, 5) is 14.1. The number of carbonyl (C=O) groups excluding carboxylic acids is 1. The second kappa shape index (κ2) is 11.6. The third-order valence-corrected chi connectivity index (χ3v) is 8.02. The van der Waals surface area contributed by atoms with Gasteiger partial charge in [0.05, 0.1) is 24.7 Å². The van der Waals surface area contributed by atoms with Crippen LogP contribution in [0.1, 0.15) is 72.0 Å². The Balaban J connectivity index is 1.30. The van der Waals surface area contributed by atoms with Crippen molar-refractivity contribution in [3.05, 3.63) is 87.0 Å². The molecule has 0 aliphatic carbocycles. The first kappa shape index (κ1) is 25.6. The van der Waals surface area contributed by atoms with Crippen LogP contribution in [0.3, 0.4) is 0 Å². The van der Waals surface area contributed by atoms with Gasteiger partial charge in [-0.1, -0.05) is 24.3 Å². The van der Waals surface area contributed by atoms with E-state index in [1.807, 2.05) is 60.7 Å². The number of Topliss-reactive ketones (excluding diaryl/α,β-unsaturated/α-hetero) is 1. The van der Waals surface area contributed by atoms with Gasteiger partial charge in [-0.15, -0.1) is 0 Å². The Labute approximate surface area is 236 Å². The minimum absolute atomic E-state index is 0.00842. The van der Waals surface area contributed by atoms with Gasteiger partial charge in [0.25, 0.3) is 0 Å². The monoisotopic (exact) mass is 626 g/mol. The molecule has 2 saturated heterocycles. The van der Waals surface area contributed by atoms with Crippen LogP contribution in [-0.4, -0.2) is 31.6 Å². The summed E-state index contributed by atoms with van der Waals surface area (Å²) in [6, 6.07) is 21.4. The average molecular weight is 626 g/mol. The highest BCUT2D eigenvalue weighted by Crippen LogP contribution is 2.45. The molecule has 3 aromatic carbocycles. The molecule has 38 heavy (non-hydrogen) atoms. The molecule has 6 rings (SSSR count). The van der Waals surface area contributed by atoms with Gasteiger partial charge in [-0.2, -0.15) is 0 Å². The van der Waals surface area contributed by atoms with E-state index in [2.05, 4.69) is 22.6 Å². The van der Waals surface area contributed by atoms with Crippen LogP contribution >= 0.6 is 22.6 Å². The van der Waals surface area contributed by atoms with Gasteiger partial charge in [-0.3, -0.25) is 4.79 Å². The van der Waals surface area contributed by atoms with E-state index in [1.54, 1.807) is 6.07 Å². The molecular formula is C31H31IO6. The molecule has 0 radical (unpaired) electrons. The molecule has 0 saturated carbocycles. The summed E-state index contributed by atoms with van der Waals surface area (Å²) in [6.45, 7) is 1.43. The lowest BCUT2D eigenvalue weighted by Crippen LogP contribution is -2.30. The Morgan fingerprint density at radius 3 is 1.95 bits per heavy atom. The second-order valence-corrected chi connectivity index (χ2v) is 11.2. The molecule has 0 spiro atoms. The Kier molecular flexibility index (Phi) is 7.85. The number of carbonyl (C=O) groups is 1. The molecule has 7 heteroatoms. The van der Waals surface area contributed by atoms with E-state index in [4.69, 9.17) is 23.7 Å². The predicted octanol–water partition coefficient (Wildman–Crippen LogP) is 7.20. The van der Waals surface area contributed by atoms with Crippen molar-refractivity contribution in [1.82, 2.24) is 0 Å². The van der Waals surface area contributed by atoms with Crippen molar-refractivity contribution in [2.45, 2.75) is 63.1 Å². The van der Waals surface area contributed by atoms with E-state index in [-0.39, 0.29) is 18.4 Å². The van der Waals surface area contributed by atoms with Crippen LogP contribution in [-0.2, 0) is 9.47 Å². The molecule has 4 unspecified atom stereocenters. The number of hydrogen-bond acceptors (Lipinski definition) is 6. The number of benzene rings is 3. The van der Waals surface area contributed by atoms with Crippen LogP contribution in [0.15, 0.2) is 66.7 Å². The molecule has 3 aliphatic heterocycles. The van der Waals surface area contributed by atoms with Gasteiger partial charge in [0.1, 0.15) is 23.4 Å². The Hall–Kier alpha value is -2.62. The number of fused-ring (bicyclic) bond motifs is 1. The topological polar surface area (TPSA) is 63.2 Å². The van der Waals surface area contributed by atoms with Crippen LogP contribution in [0, 0.1) is 3.57 Å². The van der Waals surface area contributed by atoms with Crippen LogP contribution < -0.4 is 14.2 Å². The summed E-state index contributed by atoms with van der Waals surface area (Å²) in [5.74, 6) is 1.42. The molecular weight excluding hydrogens is 595 g/mol. The highest BCUT2D eigenvalue weighted by atomic mass is 127. The molecule has 0 bridgehead atoms. The molecule has 198 valence electrons. The van der Waals surface area contributed by atoms with Gasteiger partial charge >= 0.3 is 0 Å². The first-order chi connectivity index (χ1) is 18.6. The number of ether oxygens (including phenoxy) is 5. The first-order valence-electron chi connectivity index (χ1n) is 13.4. The van der Waals surface area contributed by atoms with Crippen molar-refractivity contribution in [2.24, 2.45) is 0 Å². The zero-order valence-electron chi connectivity index (χ0n) is 21.1. The van der Waals surface area contributed by atoms with Crippen LogP contribution in [0.4, 0.5) is 0 Å². The molecule has 0 N–H and O–H groups in total. The molecule has 0 aromatic heterocycles. The van der Waals surface area contributed by atoms with Crippen molar-refractivity contribution in [1.29, 1.82) is 0 Å². The number of rotatable bonds is 6. The summed E-state index contributed by atoms with van der Waals surface area (Å²) in [5, 5.41) is 0. The van der Waals surface area contributed by atoms with Gasteiger partial charge in [-0.25, -0.2) is 0 Å². The molecule has 0 amide bonds. The zero-order valence-corrected chi connectivity index (χ0v) is 23.3. The lowest BCUT2D eigenvalue weighted by Gasteiger charge is -2.34. The number of ketones is 1. The van der Waals surface area contributed by atoms with E-state index < -0.39 is 12.0 Å². The van der Waals surface area contributed by atoms with Crippen LogP contribution in [0.25, 0.3) is 0 Å². The smallest absolute Gasteiger partial charge is 0.199 e. The van der Waals surface area contributed by atoms with Crippen molar-refractivity contribution in [3.8, 4) is 17.2 Å². The number of halogens is 1. The van der Waals surface area contributed by atoms with Crippen molar-refractivity contribution in [2.75, 3.05) is 13.2 Å². The average Bonchev–Trinajstić information content (AvgIpc) is 2.95. The van der Waals surface area contributed by atoms with E-state index in [9.17, 15) is 4.79 Å². The molecule has 2 fully saturated rings. The standard InChI is InChI=1S/C31H31IO6/c32-22-11-7-21(8-12-22)31-29(20-9-13-23(14-10-20)36-27-5-1-3-17-34-27)30(33)25-19-24(15-16-26(25)38-31)37-28-6-2-4-18-35-28/h7-16,19,27-29,31H,1-6,17-18H2. The van der Waals surface area contributed by atoms with E-state index >= 15 is 0 Å². The van der Waals surface area contributed by atoms with Gasteiger partial charge in [0.2, 0.25) is 0 Å². The first-order valence-corrected chi connectivity index (χ1v) is 14.5. The predicted molar refractivity (Wildman–Crippen MR) is 151 cm³/mol. The van der Waals surface area contributed by atoms with E-state index in [0.717, 1.165) is 65.6 Å². The van der Waals surface area contributed by atoms with Gasteiger partial charge in [0, 0.05) is 16.4 Å². The Morgan fingerprint density at radius 1 is 0.711 bits per heavy atom. The zero-order chi connectivity index (χ0) is 25.9. The summed E-state index contributed by atoms with van der Waals surface area (Å²) < 4.78 is 31.2. The second-order valence-electron chi connectivity index (χ2n) is 9.99. The third-order valence-electron chi connectivity index (χ3n) is 7.30. The van der Waals surface area contributed by atoms with Crippen molar-refractivity contribution < 1.29 is 28.5 Å². The summed E-state index contributed by atoms with van der Waals surface area (Å²) in [5.41, 5.74) is 2.37. The summed E-state index contributed by atoms with van der Waals surface area (Å²) in [7, 11) is 0. The lowest BCUT2D eigenvalue weighted by molar-refractivity contribution is -0.106. The number of hydrogen-bond donors (Lipinski definition) is 0. The normalized spacial score (nSPS) is 25.2. The van der Waals surface area contributed by atoms with E-state index in [0.29, 0.717) is 23.7 Å². The molecule has 3 aliphatic rings. The molecule has 6 nitrogen and oxygen atoms in total. The van der Waals surface area contributed by atoms with E-state index in [1.165, 1.54) is 0 Å². The highest BCUT2D eigenvalue weighted by molar-refractivity contribution is 14.1. The Morgan fingerprint density at radius 2 is 1.32 bits per heavy atom. The maximum Gasteiger partial charge on any atom is 0.199 e. The summed E-state index contributed by atoms with van der Waals surface area (Å²) >= 11 is 2.28. The fraction of sp³-hybridized carbons (Fsp3) is 0.387. The maximum atomic E-state index is 14.1. The highest BCUT2D eigenvalue weighted by Gasteiger charge is 2.39. The SMILES string of the molecule is O=C1c2cc(OC3CCCCO3)ccc2OC(c2ccc(I)cc2)C1c1ccc(OC2CCCCO2)cc1. The molecule has 3 heterocycles. The fourth-order valence-electron chi connectivity index (χ4n) is 5.29. The van der Waals surface area contributed by atoms with Gasteiger partial charge < -0.3 is 23.7 Å². The molecule has 4 atom stereocenters. The minimum atomic E-state index is -0.510. The fourth-order valence-corrected chi connectivity index (χ4v) is 5.65. The maximum absolute atomic E-state index is 14.1. The minimum Gasteiger partial charge on any atom is -0.484 e. The Bertz CT molecular complexity index is 1250. The lowest BCUT2D eigenvalue weighted by atomic mass is 9.81. The van der Waals surface area contributed by atoms with Gasteiger partial charge in [0.15, 0.2) is 18.4 Å². The molecule has 3 aromatic rings.